The van der Waals surface area contributed by atoms with Gasteiger partial charge in [0.2, 0.25) is 5.89 Å². The van der Waals surface area contributed by atoms with Crippen molar-refractivity contribution in [2.75, 3.05) is 13.7 Å². The van der Waals surface area contributed by atoms with Gasteiger partial charge in [-0.05, 0) is 5.92 Å². The summed E-state index contributed by atoms with van der Waals surface area (Å²) in [4.78, 5) is 4.27. The van der Waals surface area contributed by atoms with E-state index in [-0.39, 0.29) is 12.0 Å². The number of nitrogens with two attached hydrogens (primary N) is 1. The van der Waals surface area contributed by atoms with Gasteiger partial charge >= 0.3 is 0 Å². The summed E-state index contributed by atoms with van der Waals surface area (Å²) in [6.07, 6.45) is 0. The van der Waals surface area contributed by atoms with Crippen molar-refractivity contribution >= 4 is 0 Å². The van der Waals surface area contributed by atoms with Crippen molar-refractivity contribution in [2.45, 2.75) is 32.7 Å². The van der Waals surface area contributed by atoms with Crippen molar-refractivity contribution in [1.29, 1.82) is 0 Å². The van der Waals surface area contributed by atoms with E-state index in [2.05, 4.69) is 30.9 Å². The molecule has 1 heterocycles. The van der Waals surface area contributed by atoms with Crippen LogP contribution in [0.15, 0.2) is 4.52 Å². The summed E-state index contributed by atoms with van der Waals surface area (Å²) in [6.45, 7) is 6.69. The topological polar surface area (TPSA) is 74.2 Å². The van der Waals surface area contributed by atoms with Crippen LogP contribution in [0.3, 0.4) is 0 Å². The number of hydrogen-bond acceptors (Lipinski definition) is 5. The zero-order chi connectivity index (χ0) is 11.4. The minimum Gasteiger partial charge on any atom is -0.383 e. The molecular formula is C10H19N3O2. The summed E-state index contributed by atoms with van der Waals surface area (Å²) in [5.41, 5.74) is 5.79. The molecule has 0 saturated heterocycles. The monoisotopic (exact) mass is 213 g/mol. The van der Waals surface area contributed by atoms with E-state index < -0.39 is 0 Å². The minimum absolute atomic E-state index is 0.251. The fraction of sp³-hybridized carbons (Fsp3) is 0.800. The molecule has 0 aliphatic carbocycles. The van der Waals surface area contributed by atoms with Crippen LogP contribution in [0.4, 0.5) is 0 Å². The smallest absolute Gasteiger partial charge is 0.229 e. The van der Waals surface area contributed by atoms with Gasteiger partial charge in [0.15, 0.2) is 5.82 Å². The average molecular weight is 213 g/mol. The van der Waals surface area contributed by atoms with Gasteiger partial charge < -0.3 is 15.0 Å². The first-order chi connectivity index (χ1) is 7.06. The maximum absolute atomic E-state index is 5.79. The van der Waals surface area contributed by atoms with Crippen molar-refractivity contribution in [3.05, 3.63) is 11.7 Å². The van der Waals surface area contributed by atoms with E-state index in [1.54, 1.807) is 7.11 Å². The molecule has 15 heavy (non-hydrogen) atoms. The summed E-state index contributed by atoms with van der Waals surface area (Å²) in [7, 11) is 1.59. The third-order valence-electron chi connectivity index (χ3n) is 2.52. The van der Waals surface area contributed by atoms with Gasteiger partial charge in [0.25, 0.3) is 0 Å². The summed E-state index contributed by atoms with van der Waals surface area (Å²) in [5.74, 6) is 1.88. The summed E-state index contributed by atoms with van der Waals surface area (Å²) >= 11 is 0. The normalized spacial score (nSPS) is 15.6. The van der Waals surface area contributed by atoms with Crippen LogP contribution in [-0.2, 0) is 4.74 Å². The zero-order valence-electron chi connectivity index (χ0n) is 9.73. The quantitative estimate of drug-likeness (QED) is 0.801. The molecule has 5 heteroatoms. The maximum Gasteiger partial charge on any atom is 0.229 e. The van der Waals surface area contributed by atoms with Gasteiger partial charge in [-0.25, -0.2) is 0 Å². The highest BCUT2D eigenvalue weighted by Gasteiger charge is 2.20. The molecule has 0 radical (unpaired) electrons. The molecular weight excluding hydrogens is 194 g/mol. The number of rotatable bonds is 5. The third kappa shape index (κ3) is 3.00. The molecule has 2 N–H and O–H groups in total. The third-order valence-corrected chi connectivity index (χ3v) is 2.52. The van der Waals surface area contributed by atoms with E-state index in [0.29, 0.717) is 24.2 Å². The lowest BCUT2D eigenvalue weighted by Gasteiger charge is -2.09. The summed E-state index contributed by atoms with van der Waals surface area (Å²) in [6, 6.07) is -0.313. The molecule has 0 fully saturated rings. The fourth-order valence-corrected chi connectivity index (χ4v) is 1.12. The Morgan fingerprint density at radius 3 is 2.60 bits per heavy atom. The lowest BCUT2D eigenvalue weighted by atomic mass is 9.98. The largest absolute Gasteiger partial charge is 0.383 e. The maximum atomic E-state index is 5.79. The second-order valence-electron chi connectivity index (χ2n) is 4.09. The van der Waals surface area contributed by atoms with Crippen LogP contribution < -0.4 is 5.73 Å². The van der Waals surface area contributed by atoms with E-state index in [0.717, 1.165) is 0 Å². The molecule has 1 aromatic rings. The van der Waals surface area contributed by atoms with E-state index >= 15 is 0 Å². The Morgan fingerprint density at radius 1 is 1.40 bits per heavy atom. The zero-order valence-corrected chi connectivity index (χ0v) is 9.73. The standard InChI is InChI=1S/C10H19N3O2/c1-6(2)7(3)10-12-9(13-15-10)8(11)5-14-4/h6-8H,5,11H2,1-4H3. The fourth-order valence-electron chi connectivity index (χ4n) is 1.12. The SMILES string of the molecule is COCC(N)c1noc(C(C)C(C)C)n1. The highest BCUT2D eigenvalue weighted by molar-refractivity contribution is 4.97. The van der Waals surface area contributed by atoms with Crippen LogP contribution in [0.1, 0.15) is 44.4 Å². The van der Waals surface area contributed by atoms with Crippen molar-refractivity contribution in [3.63, 3.8) is 0 Å². The Morgan fingerprint density at radius 2 is 2.07 bits per heavy atom. The summed E-state index contributed by atoms with van der Waals surface area (Å²) in [5, 5.41) is 3.85. The van der Waals surface area contributed by atoms with Crippen molar-refractivity contribution < 1.29 is 9.26 Å². The van der Waals surface area contributed by atoms with Crippen molar-refractivity contribution in [2.24, 2.45) is 11.7 Å². The Labute approximate surface area is 90.0 Å². The molecule has 0 saturated carbocycles. The van der Waals surface area contributed by atoms with Gasteiger partial charge in [-0.15, -0.1) is 0 Å². The minimum atomic E-state index is -0.313. The van der Waals surface area contributed by atoms with E-state index in [4.69, 9.17) is 15.0 Å². The average Bonchev–Trinajstić information content (AvgIpc) is 2.65. The number of hydrogen-bond donors (Lipinski definition) is 1. The van der Waals surface area contributed by atoms with Gasteiger partial charge in [0.1, 0.15) is 0 Å². The lowest BCUT2D eigenvalue weighted by molar-refractivity contribution is 0.177. The highest BCUT2D eigenvalue weighted by atomic mass is 16.5. The molecule has 0 spiro atoms. The molecule has 2 unspecified atom stereocenters. The number of nitrogens with zero attached hydrogens (tertiary/aromatic N) is 2. The molecule has 2 atom stereocenters. The van der Waals surface area contributed by atoms with Gasteiger partial charge in [-0.3, -0.25) is 0 Å². The van der Waals surface area contributed by atoms with Gasteiger partial charge in [-0.1, -0.05) is 25.9 Å². The first-order valence-corrected chi connectivity index (χ1v) is 5.14. The lowest BCUT2D eigenvalue weighted by Crippen LogP contribution is -2.17. The molecule has 86 valence electrons. The second kappa shape index (κ2) is 5.23. The van der Waals surface area contributed by atoms with Crippen LogP contribution in [0, 0.1) is 5.92 Å². The van der Waals surface area contributed by atoms with Crippen LogP contribution in [-0.4, -0.2) is 23.9 Å². The van der Waals surface area contributed by atoms with Crippen LogP contribution >= 0.6 is 0 Å². The number of aromatic nitrogens is 2. The molecule has 1 rings (SSSR count). The Balaban J connectivity index is 2.71. The van der Waals surface area contributed by atoms with E-state index in [1.807, 2.05) is 0 Å². The molecule has 0 aliphatic heterocycles. The predicted octanol–water partition coefficient (Wildman–Crippen LogP) is 1.48. The molecule has 5 nitrogen and oxygen atoms in total. The van der Waals surface area contributed by atoms with Crippen molar-refractivity contribution in [1.82, 2.24) is 10.1 Å². The van der Waals surface area contributed by atoms with Gasteiger partial charge in [0, 0.05) is 13.0 Å². The molecule has 0 aliphatic rings. The Kier molecular flexibility index (Phi) is 4.23. The summed E-state index contributed by atoms with van der Waals surface area (Å²) < 4.78 is 10.1. The number of methoxy groups -OCH3 is 1. The van der Waals surface area contributed by atoms with Crippen molar-refractivity contribution in [3.8, 4) is 0 Å². The van der Waals surface area contributed by atoms with Crippen LogP contribution in [0.25, 0.3) is 0 Å². The van der Waals surface area contributed by atoms with Crippen LogP contribution in [0.5, 0.6) is 0 Å². The predicted molar refractivity (Wildman–Crippen MR) is 56.4 cm³/mol. The van der Waals surface area contributed by atoms with Crippen LogP contribution in [0.2, 0.25) is 0 Å². The molecule has 0 amide bonds. The molecule has 0 bridgehead atoms. The Hall–Kier alpha value is -0.940. The van der Waals surface area contributed by atoms with Gasteiger partial charge in [0.05, 0.1) is 12.6 Å². The van der Waals surface area contributed by atoms with E-state index in [9.17, 15) is 0 Å². The highest BCUT2D eigenvalue weighted by Crippen LogP contribution is 2.22. The number of ether oxygens (including phenoxy) is 1. The molecule has 1 aromatic heterocycles. The van der Waals surface area contributed by atoms with E-state index in [1.165, 1.54) is 0 Å². The first-order valence-electron chi connectivity index (χ1n) is 5.14. The first kappa shape index (κ1) is 12.1. The second-order valence-corrected chi connectivity index (χ2v) is 4.09. The Bertz CT molecular complexity index is 299. The van der Waals surface area contributed by atoms with Gasteiger partial charge in [-0.2, -0.15) is 4.98 Å². The molecule has 0 aromatic carbocycles.